The zero-order valence-electron chi connectivity index (χ0n) is 7.48. The van der Waals surface area contributed by atoms with Gasteiger partial charge in [-0.1, -0.05) is 13.0 Å². The molecule has 0 rings (SSSR count). The normalized spacial score (nSPS) is 18.3. The molecule has 3 heteroatoms. The molecular weight excluding hydrogens is 156 g/mol. The Bertz CT molecular complexity index is 125. The summed E-state index contributed by atoms with van der Waals surface area (Å²) in [4.78, 5) is 0. The van der Waals surface area contributed by atoms with Gasteiger partial charge >= 0.3 is 0 Å². The summed E-state index contributed by atoms with van der Waals surface area (Å²) in [6.45, 7) is 5.17. The van der Waals surface area contributed by atoms with Gasteiger partial charge in [0, 0.05) is 12.5 Å². The molecule has 0 aliphatic rings. The molecule has 3 atom stereocenters. The summed E-state index contributed by atoms with van der Waals surface area (Å²) in [6.07, 6.45) is 1.21. The van der Waals surface area contributed by atoms with E-state index >= 15 is 0 Å². The van der Waals surface area contributed by atoms with E-state index in [4.69, 9.17) is 5.11 Å². The molecule has 0 aromatic heterocycles. The maximum Gasteiger partial charge on any atom is 0.0612 e. The summed E-state index contributed by atoms with van der Waals surface area (Å²) >= 11 is 0. The van der Waals surface area contributed by atoms with Gasteiger partial charge in [0.15, 0.2) is 0 Å². The molecule has 0 aromatic carbocycles. The first kappa shape index (κ1) is 11.6. The summed E-state index contributed by atoms with van der Waals surface area (Å²) in [5.41, 5.74) is 0. The van der Waals surface area contributed by atoms with E-state index in [1.54, 1.807) is 13.0 Å². The molecule has 0 saturated carbocycles. The van der Waals surface area contributed by atoms with Crippen LogP contribution in [0.3, 0.4) is 0 Å². The van der Waals surface area contributed by atoms with E-state index in [0.29, 0.717) is 12.8 Å². The average Bonchev–Trinajstić information content (AvgIpc) is 2.03. The van der Waals surface area contributed by atoms with Crippen LogP contribution >= 0.6 is 0 Å². The second kappa shape index (κ2) is 6.17. The fourth-order valence-corrected chi connectivity index (χ4v) is 0.921. The van der Waals surface area contributed by atoms with Gasteiger partial charge < -0.3 is 15.3 Å². The molecule has 0 unspecified atom stereocenters. The predicted molar refractivity (Wildman–Crippen MR) is 47.7 cm³/mol. The molecule has 0 radical (unpaired) electrons. The standard InChI is InChI=1S/C9H18O3/c1-3-4-8(11)5-9(12)7(2)6-10/h3,7-12H,1,4-6H2,2H3/t7-,8+,9+/m1/s1. The Morgan fingerprint density at radius 1 is 1.42 bits per heavy atom. The van der Waals surface area contributed by atoms with Gasteiger partial charge in [0.25, 0.3) is 0 Å². The van der Waals surface area contributed by atoms with Gasteiger partial charge in [0.2, 0.25) is 0 Å². The van der Waals surface area contributed by atoms with E-state index in [9.17, 15) is 10.2 Å². The van der Waals surface area contributed by atoms with Crippen molar-refractivity contribution in [2.75, 3.05) is 6.61 Å². The number of aliphatic hydroxyl groups excluding tert-OH is 3. The monoisotopic (exact) mass is 174 g/mol. The van der Waals surface area contributed by atoms with Crippen molar-refractivity contribution < 1.29 is 15.3 Å². The Balaban J connectivity index is 3.66. The number of aliphatic hydroxyl groups is 3. The second-order valence-electron chi connectivity index (χ2n) is 3.14. The fourth-order valence-electron chi connectivity index (χ4n) is 0.921. The van der Waals surface area contributed by atoms with Crippen LogP contribution in [0.1, 0.15) is 19.8 Å². The van der Waals surface area contributed by atoms with Crippen LogP contribution in [0, 0.1) is 5.92 Å². The molecule has 12 heavy (non-hydrogen) atoms. The summed E-state index contributed by atoms with van der Waals surface area (Å²) in [5, 5.41) is 27.3. The van der Waals surface area contributed by atoms with Gasteiger partial charge in [0.1, 0.15) is 0 Å². The summed E-state index contributed by atoms with van der Waals surface area (Å²) < 4.78 is 0. The van der Waals surface area contributed by atoms with Crippen LogP contribution in [0.4, 0.5) is 0 Å². The first-order valence-corrected chi connectivity index (χ1v) is 4.19. The van der Waals surface area contributed by atoms with Gasteiger partial charge in [-0.2, -0.15) is 0 Å². The van der Waals surface area contributed by atoms with Gasteiger partial charge in [-0.3, -0.25) is 0 Å². The van der Waals surface area contributed by atoms with E-state index in [0.717, 1.165) is 0 Å². The van der Waals surface area contributed by atoms with Crippen LogP contribution in [0.2, 0.25) is 0 Å². The minimum absolute atomic E-state index is 0.0536. The van der Waals surface area contributed by atoms with Crippen LogP contribution < -0.4 is 0 Å². The fraction of sp³-hybridized carbons (Fsp3) is 0.778. The highest BCUT2D eigenvalue weighted by Crippen LogP contribution is 2.10. The SMILES string of the molecule is C=CC[C@H](O)C[C@H](O)[C@H](C)CO. The second-order valence-corrected chi connectivity index (χ2v) is 3.14. The number of hydrogen-bond donors (Lipinski definition) is 3. The topological polar surface area (TPSA) is 60.7 Å². The Morgan fingerprint density at radius 3 is 2.42 bits per heavy atom. The first-order valence-electron chi connectivity index (χ1n) is 4.19. The summed E-state index contributed by atoms with van der Waals surface area (Å²) in [5.74, 6) is -0.176. The minimum Gasteiger partial charge on any atom is -0.396 e. The molecule has 0 aliphatic heterocycles. The maximum absolute atomic E-state index is 9.36. The van der Waals surface area contributed by atoms with Gasteiger partial charge in [-0.05, 0) is 12.8 Å². The maximum atomic E-state index is 9.36. The molecule has 0 saturated heterocycles. The van der Waals surface area contributed by atoms with Crippen LogP contribution in [-0.2, 0) is 0 Å². The van der Waals surface area contributed by atoms with Crippen molar-refractivity contribution >= 4 is 0 Å². The van der Waals surface area contributed by atoms with Crippen molar-refractivity contribution in [1.82, 2.24) is 0 Å². The minimum atomic E-state index is -0.634. The van der Waals surface area contributed by atoms with Crippen molar-refractivity contribution in [1.29, 1.82) is 0 Å². The molecule has 0 spiro atoms. The Labute approximate surface area is 73.4 Å². The van der Waals surface area contributed by atoms with Crippen molar-refractivity contribution in [2.45, 2.75) is 32.0 Å². The lowest BCUT2D eigenvalue weighted by molar-refractivity contribution is 0.0302. The third kappa shape index (κ3) is 4.49. The van der Waals surface area contributed by atoms with E-state index in [2.05, 4.69) is 6.58 Å². The molecule has 72 valence electrons. The number of hydrogen-bond acceptors (Lipinski definition) is 3. The average molecular weight is 174 g/mol. The first-order chi connectivity index (χ1) is 5.61. The third-order valence-corrected chi connectivity index (χ3v) is 1.90. The van der Waals surface area contributed by atoms with E-state index in [1.165, 1.54) is 0 Å². The molecular formula is C9H18O3. The largest absolute Gasteiger partial charge is 0.396 e. The van der Waals surface area contributed by atoms with Gasteiger partial charge in [-0.25, -0.2) is 0 Å². The number of rotatable bonds is 6. The summed E-state index contributed by atoms with van der Waals surface area (Å²) in [7, 11) is 0. The lowest BCUT2D eigenvalue weighted by Crippen LogP contribution is -2.25. The Kier molecular flexibility index (Phi) is 5.98. The quantitative estimate of drug-likeness (QED) is 0.508. The smallest absolute Gasteiger partial charge is 0.0612 e. The van der Waals surface area contributed by atoms with Crippen molar-refractivity contribution in [3.8, 4) is 0 Å². The Morgan fingerprint density at radius 2 is 2.00 bits per heavy atom. The van der Waals surface area contributed by atoms with Crippen molar-refractivity contribution in [3.05, 3.63) is 12.7 Å². The van der Waals surface area contributed by atoms with E-state index in [-0.39, 0.29) is 12.5 Å². The Hall–Kier alpha value is -0.380. The molecule has 0 heterocycles. The van der Waals surface area contributed by atoms with Gasteiger partial charge in [0.05, 0.1) is 12.2 Å². The van der Waals surface area contributed by atoms with Crippen LogP contribution in [-0.4, -0.2) is 34.1 Å². The predicted octanol–water partition coefficient (Wildman–Crippen LogP) is 0.303. The molecule has 3 nitrogen and oxygen atoms in total. The van der Waals surface area contributed by atoms with Crippen molar-refractivity contribution in [2.24, 2.45) is 5.92 Å². The van der Waals surface area contributed by atoms with Crippen LogP contribution in [0.15, 0.2) is 12.7 Å². The van der Waals surface area contributed by atoms with Crippen molar-refractivity contribution in [3.63, 3.8) is 0 Å². The molecule has 0 bridgehead atoms. The zero-order valence-corrected chi connectivity index (χ0v) is 7.48. The molecule has 0 aromatic rings. The lowest BCUT2D eigenvalue weighted by atomic mass is 9.99. The lowest BCUT2D eigenvalue weighted by Gasteiger charge is -2.18. The highest BCUT2D eigenvalue weighted by Gasteiger charge is 2.16. The molecule has 3 N–H and O–H groups in total. The molecule has 0 aliphatic carbocycles. The summed E-state index contributed by atoms with van der Waals surface area (Å²) in [6, 6.07) is 0. The van der Waals surface area contributed by atoms with Gasteiger partial charge in [-0.15, -0.1) is 6.58 Å². The highest BCUT2D eigenvalue weighted by molar-refractivity contribution is 4.76. The highest BCUT2D eigenvalue weighted by atomic mass is 16.3. The molecule has 0 fully saturated rings. The van der Waals surface area contributed by atoms with Crippen LogP contribution in [0.5, 0.6) is 0 Å². The zero-order chi connectivity index (χ0) is 9.56. The van der Waals surface area contributed by atoms with E-state index in [1.807, 2.05) is 0 Å². The molecule has 0 amide bonds. The van der Waals surface area contributed by atoms with Crippen LogP contribution in [0.25, 0.3) is 0 Å². The third-order valence-electron chi connectivity index (χ3n) is 1.90. The van der Waals surface area contributed by atoms with E-state index < -0.39 is 12.2 Å².